The zero-order chi connectivity index (χ0) is 13.8. The highest BCUT2D eigenvalue weighted by molar-refractivity contribution is 5.94. The minimum atomic E-state index is -0.311. The molecule has 0 radical (unpaired) electrons. The molecule has 0 bridgehead atoms. The molecule has 0 saturated heterocycles. The molecule has 0 saturated carbocycles. The number of nitrogens with one attached hydrogen (secondary N) is 1. The Hall–Kier alpha value is -2.23. The maximum Gasteiger partial charge on any atom is 0.251 e. The fraction of sp³-hybridized carbons (Fsp3) is 0.200. The molecule has 2 rings (SSSR count). The van der Waals surface area contributed by atoms with Gasteiger partial charge in [-0.15, -0.1) is 0 Å². The lowest BCUT2D eigenvalue weighted by molar-refractivity contribution is 0.0939. The zero-order valence-electron chi connectivity index (χ0n) is 10.9. The highest BCUT2D eigenvalue weighted by Gasteiger charge is 2.12. The number of pyridine rings is 1. The van der Waals surface area contributed by atoms with Crippen molar-refractivity contribution in [3.8, 4) is 0 Å². The summed E-state index contributed by atoms with van der Waals surface area (Å²) < 4.78 is 13.1. The number of hydrogen-bond donors (Lipinski definition) is 1. The monoisotopic (exact) mass is 258 g/mol. The van der Waals surface area contributed by atoms with Gasteiger partial charge in [0.2, 0.25) is 0 Å². The van der Waals surface area contributed by atoms with Crippen LogP contribution in [0.15, 0.2) is 42.6 Å². The van der Waals surface area contributed by atoms with Crippen LogP contribution < -0.4 is 5.32 Å². The second-order valence-corrected chi connectivity index (χ2v) is 4.41. The Morgan fingerprint density at radius 1 is 1.32 bits per heavy atom. The molecule has 1 aromatic carbocycles. The Kier molecular flexibility index (Phi) is 3.90. The lowest BCUT2D eigenvalue weighted by atomic mass is 10.1. The van der Waals surface area contributed by atoms with E-state index in [1.54, 1.807) is 13.1 Å². The fourth-order valence-electron chi connectivity index (χ4n) is 1.77. The van der Waals surface area contributed by atoms with Crippen LogP contribution in [0.5, 0.6) is 0 Å². The largest absolute Gasteiger partial charge is 0.344 e. The SMILES string of the molecule is Cc1cc(C(=O)NC(C)c2ccccn2)ccc1F. The Bertz CT molecular complexity index is 584. The first-order valence-corrected chi connectivity index (χ1v) is 6.06. The average Bonchev–Trinajstić information content (AvgIpc) is 2.42. The predicted octanol–water partition coefficient (Wildman–Crippen LogP) is 3.02. The Labute approximate surface area is 111 Å². The number of rotatable bonds is 3. The van der Waals surface area contributed by atoms with Gasteiger partial charge in [0.1, 0.15) is 5.82 Å². The van der Waals surface area contributed by atoms with Crippen LogP contribution in [0.25, 0.3) is 0 Å². The topological polar surface area (TPSA) is 42.0 Å². The number of halogens is 1. The summed E-state index contributed by atoms with van der Waals surface area (Å²) in [6.45, 7) is 3.49. The van der Waals surface area contributed by atoms with Gasteiger partial charge in [-0.05, 0) is 49.7 Å². The number of nitrogens with zero attached hydrogens (tertiary/aromatic N) is 1. The van der Waals surface area contributed by atoms with E-state index in [0.29, 0.717) is 11.1 Å². The number of benzene rings is 1. The molecule has 0 fully saturated rings. The van der Waals surface area contributed by atoms with E-state index in [2.05, 4.69) is 10.3 Å². The molecular formula is C15H15FN2O. The van der Waals surface area contributed by atoms with Crippen molar-refractivity contribution in [3.63, 3.8) is 0 Å². The van der Waals surface area contributed by atoms with Crippen molar-refractivity contribution in [3.05, 3.63) is 65.2 Å². The second kappa shape index (κ2) is 5.61. The summed E-state index contributed by atoms with van der Waals surface area (Å²) in [4.78, 5) is 16.2. The van der Waals surface area contributed by atoms with Gasteiger partial charge in [0.05, 0.1) is 11.7 Å². The van der Waals surface area contributed by atoms with Crippen molar-refractivity contribution in [2.75, 3.05) is 0 Å². The first-order chi connectivity index (χ1) is 9.08. The summed E-state index contributed by atoms with van der Waals surface area (Å²) in [5.41, 5.74) is 1.69. The van der Waals surface area contributed by atoms with Crippen molar-refractivity contribution in [2.24, 2.45) is 0 Å². The van der Waals surface area contributed by atoms with E-state index in [4.69, 9.17) is 0 Å². The Balaban J connectivity index is 2.11. The number of aryl methyl sites for hydroxylation is 1. The summed E-state index contributed by atoms with van der Waals surface area (Å²) in [7, 11) is 0. The number of carbonyl (C=O) groups is 1. The van der Waals surface area contributed by atoms with Crippen LogP contribution in [0.1, 0.15) is 34.6 Å². The average molecular weight is 258 g/mol. The van der Waals surface area contributed by atoms with E-state index in [-0.39, 0.29) is 17.8 Å². The van der Waals surface area contributed by atoms with Crippen LogP contribution in [0.2, 0.25) is 0 Å². The van der Waals surface area contributed by atoms with E-state index >= 15 is 0 Å². The summed E-state index contributed by atoms with van der Waals surface area (Å²) in [5.74, 6) is -0.546. The van der Waals surface area contributed by atoms with E-state index < -0.39 is 0 Å². The summed E-state index contributed by atoms with van der Waals surface area (Å²) in [6, 6.07) is 9.66. The molecule has 0 aliphatic heterocycles. The smallest absolute Gasteiger partial charge is 0.251 e. The molecule has 1 atom stereocenters. The summed E-state index contributed by atoms with van der Waals surface area (Å²) in [6.07, 6.45) is 1.68. The van der Waals surface area contributed by atoms with Gasteiger partial charge in [-0.1, -0.05) is 6.07 Å². The van der Waals surface area contributed by atoms with Crippen LogP contribution in [0, 0.1) is 12.7 Å². The van der Waals surface area contributed by atoms with Gasteiger partial charge in [0, 0.05) is 11.8 Å². The molecule has 0 spiro atoms. The maximum absolute atomic E-state index is 13.1. The van der Waals surface area contributed by atoms with Gasteiger partial charge in [0.15, 0.2) is 0 Å². The molecule has 1 amide bonds. The van der Waals surface area contributed by atoms with Gasteiger partial charge in [-0.2, -0.15) is 0 Å². The first kappa shape index (κ1) is 13.2. The van der Waals surface area contributed by atoms with E-state index in [9.17, 15) is 9.18 Å². The third kappa shape index (κ3) is 3.16. The first-order valence-electron chi connectivity index (χ1n) is 6.06. The number of carbonyl (C=O) groups excluding carboxylic acids is 1. The Morgan fingerprint density at radius 3 is 2.74 bits per heavy atom. The van der Waals surface area contributed by atoms with Crippen molar-refractivity contribution >= 4 is 5.91 Å². The van der Waals surface area contributed by atoms with Crippen molar-refractivity contribution in [1.29, 1.82) is 0 Å². The van der Waals surface area contributed by atoms with Gasteiger partial charge in [-0.3, -0.25) is 9.78 Å². The van der Waals surface area contributed by atoms with Gasteiger partial charge in [-0.25, -0.2) is 4.39 Å². The molecule has 0 aliphatic rings. The van der Waals surface area contributed by atoms with Crippen LogP contribution >= 0.6 is 0 Å². The normalized spacial score (nSPS) is 11.9. The van der Waals surface area contributed by atoms with Crippen LogP contribution in [0.4, 0.5) is 4.39 Å². The van der Waals surface area contributed by atoms with Crippen molar-refractivity contribution in [2.45, 2.75) is 19.9 Å². The van der Waals surface area contributed by atoms with E-state index in [0.717, 1.165) is 5.69 Å². The number of amides is 1. The van der Waals surface area contributed by atoms with Gasteiger partial charge >= 0.3 is 0 Å². The molecule has 4 heteroatoms. The zero-order valence-corrected chi connectivity index (χ0v) is 10.9. The quantitative estimate of drug-likeness (QED) is 0.919. The molecule has 1 heterocycles. The fourth-order valence-corrected chi connectivity index (χ4v) is 1.77. The molecular weight excluding hydrogens is 243 g/mol. The molecule has 1 unspecified atom stereocenters. The number of hydrogen-bond acceptors (Lipinski definition) is 2. The standard InChI is InChI=1S/C15H15FN2O/c1-10-9-12(6-7-13(10)16)15(19)18-11(2)14-5-3-4-8-17-14/h3-9,11H,1-2H3,(H,18,19). The molecule has 19 heavy (non-hydrogen) atoms. The van der Waals surface area contributed by atoms with Gasteiger partial charge < -0.3 is 5.32 Å². The molecule has 1 aromatic heterocycles. The molecule has 2 aromatic rings. The van der Waals surface area contributed by atoms with Crippen molar-refractivity contribution in [1.82, 2.24) is 10.3 Å². The lowest BCUT2D eigenvalue weighted by Crippen LogP contribution is -2.27. The molecule has 3 nitrogen and oxygen atoms in total. The Morgan fingerprint density at radius 2 is 2.11 bits per heavy atom. The lowest BCUT2D eigenvalue weighted by Gasteiger charge is -2.13. The van der Waals surface area contributed by atoms with E-state index in [1.807, 2.05) is 25.1 Å². The molecule has 1 N–H and O–H groups in total. The van der Waals surface area contributed by atoms with Crippen LogP contribution in [0.3, 0.4) is 0 Å². The molecule has 0 aliphatic carbocycles. The highest BCUT2D eigenvalue weighted by atomic mass is 19.1. The third-order valence-electron chi connectivity index (χ3n) is 2.90. The van der Waals surface area contributed by atoms with Crippen LogP contribution in [-0.2, 0) is 0 Å². The van der Waals surface area contributed by atoms with Crippen LogP contribution in [-0.4, -0.2) is 10.9 Å². The van der Waals surface area contributed by atoms with Crippen molar-refractivity contribution < 1.29 is 9.18 Å². The number of aromatic nitrogens is 1. The van der Waals surface area contributed by atoms with Gasteiger partial charge in [0.25, 0.3) is 5.91 Å². The van der Waals surface area contributed by atoms with E-state index in [1.165, 1.54) is 18.2 Å². The summed E-state index contributed by atoms with van der Waals surface area (Å²) >= 11 is 0. The predicted molar refractivity (Wildman–Crippen MR) is 71.3 cm³/mol. The highest BCUT2D eigenvalue weighted by Crippen LogP contribution is 2.12. The second-order valence-electron chi connectivity index (χ2n) is 4.41. The minimum Gasteiger partial charge on any atom is -0.344 e. The molecule has 98 valence electrons. The third-order valence-corrected chi connectivity index (χ3v) is 2.90. The summed E-state index contributed by atoms with van der Waals surface area (Å²) in [5, 5.41) is 2.84. The maximum atomic E-state index is 13.1. The minimum absolute atomic E-state index is 0.195.